The third-order valence-electron chi connectivity index (χ3n) is 2.44. The van der Waals surface area contributed by atoms with Crippen molar-refractivity contribution in [3.05, 3.63) is 42.5 Å². The minimum atomic E-state index is -3.86. The van der Waals surface area contributed by atoms with Crippen LogP contribution in [0.15, 0.2) is 41.7 Å². The summed E-state index contributed by atoms with van der Waals surface area (Å²) in [4.78, 5) is 3.69. The lowest BCUT2D eigenvalue weighted by atomic mass is 9.80. The van der Waals surface area contributed by atoms with Gasteiger partial charge in [-0.05, 0) is 13.0 Å². The van der Waals surface area contributed by atoms with E-state index in [1.54, 1.807) is 6.92 Å². The third kappa shape index (κ3) is 2.17. The standard InChI is InChI=1S/C10H11BN2O4S/c1-8-6-13(7-12-8)18(16,17)10-5-3-2-4-9(10)11(14)15/h2-7,14-15H,1H3. The van der Waals surface area contributed by atoms with Gasteiger partial charge >= 0.3 is 7.12 Å². The molecule has 2 aromatic rings. The second kappa shape index (κ2) is 4.56. The summed E-state index contributed by atoms with van der Waals surface area (Å²) in [7, 11) is -5.71. The van der Waals surface area contributed by atoms with Gasteiger partial charge in [-0.25, -0.2) is 17.4 Å². The van der Waals surface area contributed by atoms with Gasteiger partial charge in [-0.3, -0.25) is 0 Å². The Kier molecular flexibility index (Phi) is 3.25. The van der Waals surface area contributed by atoms with Gasteiger partial charge in [-0.2, -0.15) is 0 Å². The van der Waals surface area contributed by atoms with Gasteiger partial charge in [-0.15, -0.1) is 0 Å². The highest BCUT2D eigenvalue weighted by molar-refractivity contribution is 7.90. The van der Waals surface area contributed by atoms with Gasteiger partial charge in [0.15, 0.2) is 0 Å². The lowest BCUT2D eigenvalue weighted by molar-refractivity contribution is 0.424. The molecule has 0 aliphatic rings. The summed E-state index contributed by atoms with van der Waals surface area (Å²) in [6.45, 7) is 1.67. The second-order valence-corrected chi connectivity index (χ2v) is 5.57. The Labute approximate surface area is 105 Å². The van der Waals surface area contributed by atoms with E-state index in [9.17, 15) is 18.5 Å². The summed E-state index contributed by atoms with van der Waals surface area (Å²) >= 11 is 0. The van der Waals surface area contributed by atoms with Crippen LogP contribution < -0.4 is 5.46 Å². The van der Waals surface area contributed by atoms with Crippen molar-refractivity contribution in [1.29, 1.82) is 0 Å². The molecule has 2 N–H and O–H groups in total. The van der Waals surface area contributed by atoms with Crippen LogP contribution in [0.1, 0.15) is 5.69 Å². The fourth-order valence-corrected chi connectivity index (χ4v) is 2.98. The largest absolute Gasteiger partial charge is 0.489 e. The van der Waals surface area contributed by atoms with Gasteiger partial charge in [0.2, 0.25) is 0 Å². The number of nitrogens with zero attached hydrogens (tertiary/aromatic N) is 2. The summed E-state index contributed by atoms with van der Waals surface area (Å²) in [6, 6.07) is 5.72. The molecular weight excluding hydrogens is 255 g/mol. The Morgan fingerprint density at radius 2 is 1.94 bits per heavy atom. The molecule has 0 radical (unpaired) electrons. The summed E-state index contributed by atoms with van der Waals surface area (Å²) in [5.41, 5.74) is 0.490. The molecule has 0 aliphatic carbocycles. The summed E-state index contributed by atoms with van der Waals surface area (Å²) in [5, 5.41) is 18.4. The van der Waals surface area contributed by atoms with Crippen LogP contribution in [0.5, 0.6) is 0 Å². The summed E-state index contributed by atoms with van der Waals surface area (Å²) < 4.78 is 25.5. The quantitative estimate of drug-likeness (QED) is 0.703. The number of hydrogen-bond donors (Lipinski definition) is 2. The number of rotatable bonds is 3. The van der Waals surface area contributed by atoms with E-state index in [4.69, 9.17) is 0 Å². The van der Waals surface area contributed by atoms with Crippen LogP contribution in [0.25, 0.3) is 0 Å². The van der Waals surface area contributed by atoms with Crippen molar-refractivity contribution in [1.82, 2.24) is 8.96 Å². The van der Waals surface area contributed by atoms with E-state index in [2.05, 4.69) is 4.98 Å². The maximum atomic E-state index is 12.3. The lowest BCUT2D eigenvalue weighted by Crippen LogP contribution is -2.35. The molecule has 0 saturated heterocycles. The van der Waals surface area contributed by atoms with Gasteiger partial charge in [0.05, 0.1) is 10.6 Å². The van der Waals surface area contributed by atoms with Gasteiger partial charge in [-0.1, -0.05) is 18.2 Å². The van der Waals surface area contributed by atoms with Gasteiger partial charge in [0.1, 0.15) is 6.33 Å². The van der Waals surface area contributed by atoms with Gasteiger partial charge < -0.3 is 10.0 Å². The maximum Gasteiger partial charge on any atom is 0.489 e. The minimum absolute atomic E-state index is 0.0659. The van der Waals surface area contributed by atoms with E-state index in [0.29, 0.717) is 5.69 Å². The molecule has 0 unspecified atom stereocenters. The topological polar surface area (TPSA) is 92.4 Å². The normalized spacial score (nSPS) is 11.5. The monoisotopic (exact) mass is 266 g/mol. The van der Waals surface area contributed by atoms with Crippen LogP contribution in [0.3, 0.4) is 0 Å². The highest BCUT2D eigenvalue weighted by atomic mass is 32.2. The Hall–Kier alpha value is -1.64. The van der Waals surface area contributed by atoms with Crippen molar-refractivity contribution in [3.63, 3.8) is 0 Å². The zero-order chi connectivity index (χ0) is 13.3. The van der Waals surface area contributed by atoms with E-state index < -0.39 is 17.1 Å². The molecule has 1 aromatic heterocycles. The number of benzene rings is 1. The summed E-state index contributed by atoms with van der Waals surface area (Å²) in [5.74, 6) is 0. The average molecular weight is 266 g/mol. The van der Waals surface area contributed by atoms with E-state index in [1.807, 2.05) is 0 Å². The van der Waals surface area contributed by atoms with Crippen LogP contribution in [0.2, 0.25) is 0 Å². The zero-order valence-electron chi connectivity index (χ0n) is 9.56. The predicted molar refractivity (Wildman–Crippen MR) is 65.8 cm³/mol. The first-order chi connectivity index (χ1) is 8.43. The number of aryl methyl sites for hydroxylation is 1. The van der Waals surface area contributed by atoms with Crippen molar-refractivity contribution in [2.75, 3.05) is 0 Å². The SMILES string of the molecule is Cc1cn(S(=O)(=O)c2ccccc2B(O)O)cn1. The molecule has 0 amide bonds. The Morgan fingerprint density at radius 3 is 2.50 bits per heavy atom. The molecule has 0 saturated carbocycles. The minimum Gasteiger partial charge on any atom is -0.423 e. The molecule has 6 nitrogen and oxygen atoms in total. The molecule has 0 fully saturated rings. The molecule has 2 rings (SSSR count). The molecule has 1 aromatic carbocycles. The molecule has 94 valence electrons. The fourth-order valence-electron chi connectivity index (χ4n) is 1.57. The summed E-state index contributed by atoms with van der Waals surface area (Å²) in [6.07, 6.45) is 2.53. The number of aromatic nitrogens is 2. The molecule has 8 heteroatoms. The zero-order valence-corrected chi connectivity index (χ0v) is 10.4. The molecular formula is C10H11BN2O4S. The molecule has 1 heterocycles. The van der Waals surface area contributed by atoms with Crippen molar-refractivity contribution in [2.45, 2.75) is 11.8 Å². The van der Waals surface area contributed by atoms with Gasteiger partial charge in [0, 0.05) is 11.7 Å². The Bertz CT molecular complexity index is 666. The molecule has 0 spiro atoms. The first-order valence-electron chi connectivity index (χ1n) is 5.14. The first-order valence-corrected chi connectivity index (χ1v) is 6.58. The van der Waals surface area contributed by atoms with Crippen molar-refractivity contribution >= 4 is 22.6 Å². The highest BCUT2D eigenvalue weighted by Gasteiger charge is 2.25. The smallest absolute Gasteiger partial charge is 0.423 e. The molecule has 0 bridgehead atoms. The van der Waals surface area contributed by atoms with Crippen LogP contribution >= 0.6 is 0 Å². The van der Waals surface area contributed by atoms with E-state index >= 15 is 0 Å². The van der Waals surface area contributed by atoms with Crippen molar-refractivity contribution in [2.24, 2.45) is 0 Å². The first kappa shape index (κ1) is 12.8. The highest BCUT2D eigenvalue weighted by Crippen LogP contribution is 2.12. The molecule has 18 heavy (non-hydrogen) atoms. The predicted octanol–water partition coefficient (Wildman–Crippen LogP) is -0.892. The Balaban J connectivity index is 2.62. The van der Waals surface area contributed by atoms with E-state index in [-0.39, 0.29) is 10.4 Å². The van der Waals surface area contributed by atoms with Crippen molar-refractivity contribution in [3.8, 4) is 0 Å². The van der Waals surface area contributed by atoms with E-state index in [1.165, 1.54) is 36.8 Å². The number of hydrogen-bond acceptors (Lipinski definition) is 5. The van der Waals surface area contributed by atoms with Crippen molar-refractivity contribution < 1.29 is 18.5 Å². The lowest BCUT2D eigenvalue weighted by Gasteiger charge is -2.09. The fraction of sp³-hybridized carbons (Fsp3) is 0.100. The number of imidazole rings is 1. The van der Waals surface area contributed by atoms with Crippen LogP contribution in [0, 0.1) is 6.92 Å². The second-order valence-electron chi connectivity index (χ2n) is 3.76. The van der Waals surface area contributed by atoms with Gasteiger partial charge in [0.25, 0.3) is 10.0 Å². The maximum absolute atomic E-state index is 12.3. The third-order valence-corrected chi connectivity index (χ3v) is 4.12. The van der Waals surface area contributed by atoms with Crippen LogP contribution in [0.4, 0.5) is 0 Å². The van der Waals surface area contributed by atoms with Crippen LogP contribution in [-0.2, 0) is 10.0 Å². The molecule has 0 aliphatic heterocycles. The van der Waals surface area contributed by atoms with Crippen LogP contribution in [-0.4, -0.2) is 34.5 Å². The van der Waals surface area contributed by atoms with E-state index in [0.717, 1.165) is 3.97 Å². The average Bonchev–Trinajstić information content (AvgIpc) is 2.76. The molecule has 0 atom stereocenters. The Morgan fingerprint density at radius 1 is 1.28 bits per heavy atom.